The van der Waals surface area contributed by atoms with Gasteiger partial charge in [0, 0.05) is 5.69 Å². The SMILES string of the molecule is Cc1ccc(F)c(C2COC(=O)N2)n1. The Kier molecular flexibility index (Phi) is 2.07. The molecule has 0 radical (unpaired) electrons. The summed E-state index contributed by atoms with van der Waals surface area (Å²) >= 11 is 0. The van der Waals surface area contributed by atoms with E-state index in [1.165, 1.54) is 6.07 Å². The number of nitrogens with one attached hydrogen (secondary N) is 1. The Hall–Kier alpha value is -1.65. The molecule has 1 N–H and O–H groups in total. The van der Waals surface area contributed by atoms with Gasteiger partial charge in [0.25, 0.3) is 0 Å². The van der Waals surface area contributed by atoms with Crippen LogP contribution in [0.25, 0.3) is 0 Å². The highest BCUT2D eigenvalue weighted by atomic mass is 19.1. The molecule has 1 atom stereocenters. The van der Waals surface area contributed by atoms with E-state index in [1.54, 1.807) is 13.0 Å². The average Bonchev–Trinajstić information content (AvgIpc) is 2.56. The van der Waals surface area contributed by atoms with Gasteiger partial charge in [-0.3, -0.25) is 4.98 Å². The molecule has 0 bridgehead atoms. The van der Waals surface area contributed by atoms with E-state index in [4.69, 9.17) is 0 Å². The van der Waals surface area contributed by atoms with E-state index in [0.29, 0.717) is 5.69 Å². The highest BCUT2D eigenvalue weighted by Crippen LogP contribution is 2.19. The molecule has 2 rings (SSSR count). The maximum absolute atomic E-state index is 13.3. The fraction of sp³-hybridized carbons (Fsp3) is 0.333. The predicted molar refractivity (Wildman–Crippen MR) is 46.2 cm³/mol. The Labute approximate surface area is 80.1 Å². The molecule has 1 aromatic rings. The van der Waals surface area contributed by atoms with Crippen LogP contribution < -0.4 is 5.32 Å². The van der Waals surface area contributed by atoms with Crippen LogP contribution in [0, 0.1) is 12.7 Å². The van der Waals surface area contributed by atoms with Crippen molar-refractivity contribution in [3.05, 3.63) is 29.3 Å². The van der Waals surface area contributed by atoms with Crippen molar-refractivity contribution in [2.75, 3.05) is 6.61 Å². The molecular formula is C9H9FN2O2. The number of rotatable bonds is 1. The van der Waals surface area contributed by atoms with Gasteiger partial charge in [0.15, 0.2) is 0 Å². The van der Waals surface area contributed by atoms with Crippen molar-refractivity contribution in [3.8, 4) is 0 Å². The van der Waals surface area contributed by atoms with Crippen molar-refractivity contribution < 1.29 is 13.9 Å². The van der Waals surface area contributed by atoms with E-state index in [-0.39, 0.29) is 12.3 Å². The van der Waals surface area contributed by atoms with Crippen molar-refractivity contribution >= 4 is 6.09 Å². The predicted octanol–water partition coefficient (Wildman–Crippen LogP) is 1.31. The van der Waals surface area contributed by atoms with E-state index in [1.807, 2.05) is 0 Å². The molecule has 74 valence electrons. The summed E-state index contributed by atoms with van der Waals surface area (Å²) in [5.41, 5.74) is 0.943. The second-order valence-electron chi connectivity index (χ2n) is 3.12. The first-order valence-corrected chi connectivity index (χ1v) is 4.23. The Bertz CT molecular complexity index is 381. The standard InChI is InChI=1S/C9H9FN2O2/c1-5-2-3-6(10)8(11-5)7-4-14-9(13)12-7/h2-3,7H,4H2,1H3,(H,12,13). The molecule has 4 nitrogen and oxygen atoms in total. The lowest BCUT2D eigenvalue weighted by Crippen LogP contribution is -2.20. The molecule has 1 aromatic heterocycles. The molecule has 0 saturated carbocycles. The number of nitrogens with zero attached hydrogens (tertiary/aromatic N) is 1. The third-order valence-electron chi connectivity index (χ3n) is 2.02. The van der Waals surface area contributed by atoms with Crippen molar-refractivity contribution in [2.45, 2.75) is 13.0 Å². The third-order valence-corrected chi connectivity index (χ3v) is 2.02. The Morgan fingerprint density at radius 2 is 2.43 bits per heavy atom. The fourth-order valence-electron chi connectivity index (χ4n) is 1.34. The molecule has 0 spiro atoms. The molecule has 14 heavy (non-hydrogen) atoms. The fourth-order valence-corrected chi connectivity index (χ4v) is 1.34. The molecule has 1 amide bonds. The number of aryl methyl sites for hydroxylation is 1. The largest absolute Gasteiger partial charge is 0.447 e. The van der Waals surface area contributed by atoms with Gasteiger partial charge in [0.05, 0.1) is 0 Å². The van der Waals surface area contributed by atoms with Gasteiger partial charge in [-0.1, -0.05) is 0 Å². The number of hydrogen-bond acceptors (Lipinski definition) is 3. The lowest BCUT2D eigenvalue weighted by Gasteiger charge is -2.08. The van der Waals surface area contributed by atoms with Gasteiger partial charge >= 0.3 is 6.09 Å². The van der Waals surface area contributed by atoms with Crippen LogP contribution in [0.4, 0.5) is 9.18 Å². The number of alkyl carbamates (subject to hydrolysis) is 1. The smallest absolute Gasteiger partial charge is 0.407 e. The summed E-state index contributed by atoms with van der Waals surface area (Å²) in [5.74, 6) is -0.425. The van der Waals surface area contributed by atoms with Crippen LogP contribution in [0.3, 0.4) is 0 Å². The number of carbonyl (C=O) groups excluding carboxylic acids is 1. The monoisotopic (exact) mass is 196 g/mol. The van der Waals surface area contributed by atoms with Crippen molar-refractivity contribution in [2.24, 2.45) is 0 Å². The zero-order valence-electron chi connectivity index (χ0n) is 7.58. The lowest BCUT2D eigenvalue weighted by atomic mass is 10.2. The second-order valence-corrected chi connectivity index (χ2v) is 3.12. The van der Waals surface area contributed by atoms with Gasteiger partial charge in [-0.25, -0.2) is 9.18 Å². The molecule has 0 aromatic carbocycles. The van der Waals surface area contributed by atoms with E-state index < -0.39 is 18.0 Å². The van der Waals surface area contributed by atoms with Crippen molar-refractivity contribution in [3.63, 3.8) is 0 Å². The number of cyclic esters (lactones) is 1. The molecule has 0 aliphatic carbocycles. The van der Waals surface area contributed by atoms with Crippen LogP contribution in [-0.2, 0) is 4.74 Å². The lowest BCUT2D eigenvalue weighted by molar-refractivity contribution is 0.176. The Morgan fingerprint density at radius 3 is 3.07 bits per heavy atom. The molecule has 5 heteroatoms. The second kappa shape index (κ2) is 3.25. The third kappa shape index (κ3) is 1.53. The van der Waals surface area contributed by atoms with Gasteiger partial charge in [0.1, 0.15) is 24.2 Å². The van der Waals surface area contributed by atoms with Crippen LogP contribution in [0.2, 0.25) is 0 Å². The summed E-state index contributed by atoms with van der Waals surface area (Å²) in [7, 11) is 0. The highest BCUT2D eigenvalue weighted by molar-refractivity contribution is 5.69. The number of amides is 1. The summed E-state index contributed by atoms with van der Waals surface area (Å²) in [6.45, 7) is 1.90. The first-order chi connectivity index (χ1) is 6.66. The summed E-state index contributed by atoms with van der Waals surface area (Å²) in [6.07, 6.45) is -0.530. The van der Waals surface area contributed by atoms with E-state index in [2.05, 4.69) is 15.0 Å². The van der Waals surface area contributed by atoms with Crippen LogP contribution >= 0.6 is 0 Å². The van der Waals surface area contributed by atoms with E-state index >= 15 is 0 Å². The molecule has 1 aliphatic rings. The minimum absolute atomic E-state index is 0.131. The minimum atomic E-state index is -0.530. The molecule has 2 heterocycles. The first-order valence-electron chi connectivity index (χ1n) is 4.23. The number of hydrogen-bond donors (Lipinski definition) is 1. The topological polar surface area (TPSA) is 51.2 Å². The van der Waals surface area contributed by atoms with E-state index in [9.17, 15) is 9.18 Å². The van der Waals surface area contributed by atoms with Crippen molar-refractivity contribution in [1.29, 1.82) is 0 Å². The normalized spacial score (nSPS) is 20.4. The molecular weight excluding hydrogens is 187 g/mol. The number of ether oxygens (including phenoxy) is 1. The van der Waals surface area contributed by atoms with Crippen molar-refractivity contribution in [1.82, 2.24) is 10.3 Å². The van der Waals surface area contributed by atoms with Crippen LogP contribution in [0.5, 0.6) is 0 Å². The maximum atomic E-state index is 13.3. The summed E-state index contributed by atoms with van der Waals surface area (Å²) in [6, 6.07) is 2.45. The average molecular weight is 196 g/mol. The van der Waals surface area contributed by atoms with Gasteiger partial charge in [-0.2, -0.15) is 0 Å². The Balaban J connectivity index is 2.31. The molecule has 1 unspecified atom stereocenters. The number of carbonyl (C=O) groups is 1. The number of pyridine rings is 1. The first kappa shape index (κ1) is 8.93. The van der Waals surface area contributed by atoms with Crippen LogP contribution in [0.1, 0.15) is 17.4 Å². The molecule has 1 saturated heterocycles. The Morgan fingerprint density at radius 1 is 1.64 bits per heavy atom. The van der Waals surface area contributed by atoms with Gasteiger partial charge < -0.3 is 10.1 Å². The summed E-state index contributed by atoms with van der Waals surface area (Å²) in [5, 5.41) is 2.47. The molecule has 1 aliphatic heterocycles. The maximum Gasteiger partial charge on any atom is 0.407 e. The van der Waals surface area contributed by atoms with Gasteiger partial charge in [-0.15, -0.1) is 0 Å². The van der Waals surface area contributed by atoms with Crippen LogP contribution in [0.15, 0.2) is 12.1 Å². The zero-order chi connectivity index (χ0) is 10.1. The highest BCUT2D eigenvalue weighted by Gasteiger charge is 2.27. The van der Waals surface area contributed by atoms with Gasteiger partial charge in [0.2, 0.25) is 0 Å². The van der Waals surface area contributed by atoms with E-state index in [0.717, 1.165) is 0 Å². The zero-order valence-corrected chi connectivity index (χ0v) is 7.58. The molecule has 1 fully saturated rings. The summed E-state index contributed by atoms with van der Waals surface area (Å²) < 4.78 is 17.9. The van der Waals surface area contributed by atoms with Crippen LogP contribution in [-0.4, -0.2) is 17.7 Å². The number of halogens is 1. The van der Waals surface area contributed by atoms with Gasteiger partial charge in [-0.05, 0) is 19.1 Å². The number of aromatic nitrogens is 1. The summed E-state index contributed by atoms with van der Waals surface area (Å²) in [4.78, 5) is 14.8. The quantitative estimate of drug-likeness (QED) is 0.736. The minimum Gasteiger partial charge on any atom is -0.447 e.